The van der Waals surface area contributed by atoms with E-state index in [9.17, 15) is 22.0 Å². The van der Waals surface area contributed by atoms with Crippen LogP contribution in [0.3, 0.4) is 0 Å². The van der Waals surface area contributed by atoms with E-state index >= 15 is 0 Å². The van der Waals surface area contributed by atoms with Gasteiger partial charge in [-0.25, -0.2) is 0 Å². The van der Waals surface area contributed by atoms with Gasteiger partial charge in [0.2, 0.25) is 0 Å². The summed E-state index contributed by atoms with van der Waals surface area (Å²) in [5, 5.41) is 0. The van der Waals surface area contributed by atoms with Crippen LogP contribution < -0.4 is 0 Å². The first-order valence-electron chi connectivity index (χ1n) is 2.80. The highest BCUT2D eigenvalue weighted by Gasteiger charge is 2.65. The minimum atomic E-state index is -5.35. The van der Waals surface area contributed by atoms with Gasteiger partial charge < -0.3 is 0 Å². The van der Waals surface area contributed by atoms with Crippen LogP contribution in [0.1, 0.15) is 12.8 Å². The lowest BCUT2D eigenvalue weighted by Gasteiger charge is -2.18. The number of alkyl halides is 5. The van der Waals surface area contributed by atoms with Gasteiger partial charge in [-0.15, -0.1) is 0 Å². The van der Waals surface area contributed by atoms with E-state index in [-0.39, 0.29) is 12.8 Å². The molecule has 1 aliphatic rings. The molecule has 10 heavy (non-hydrogen) atoms. The molecule has 0 saturated heterocycles. The van der Waals surface area contributed by atoms with Gasteiger partial charge in [-0.2, -0.15) is 22.0 Å². The van der Waals surface area contributed by atoms with E-state index < -0.39 is 18.0 Å². The molecule has 0 N–H and O–H groups in total. The van der Waals surface area contributed by atoms with Crippen molar-refractivity contribution < 1.29 is 22.0 Å². The Balaban J connectivity index is 2.66. The van der Waals surface area contributed by atoms with Gasteiger partial charge in [0.25, 0.3) is 0 Å². The van der Waals surface area contributed by atoms with E-state index in [1.54, 1.807) is 0 Å². The fraction of sp³-hybridized carbons (Fsp3) is 1.00. The molecule has 1 aliphatic carbocycles. The van der Waals surface area contributed by atoms with E-state index in [0.29, 0.717) is 0 Å². The molecule has 0 bridgehead atoms. The normalized spacial score (nSPS) is 21.3. The molecule has 1 saturated carbocycles. The average molecular weight is 160 g/mol. The molecular weight excluding hydrogens is 155 g/mol. The van der Waals surface area contributed by atoms with Crippen molar-refractivity contribution >= 4 is 0 Å². The molecule has 0 atom stereocenters. The summed E-state index contributed by atoms with van der Waals surface area (Å²) in [4.78, 5) is 0. The van der Waals surface area contributed by atoms with Gasteiger partial charge in [-0.05, 0) is 12.8 Å². The third kappa shape index (κ3) is 1.09. The minimum absolute atomic E-state index is 0.00743. The zero-order chi connectivity index (χ0) is 7.99. The van der Waals surface area contributed by atoms with Crippen LogP contribution in [0.15, 0.2) is 0 Å². The summed E-state index contributed by atoms with van der Waals surface area (Å²) in [6.45, 7) is 0. The van der Waals surface area contributed by atoms with Crippen molar-refractivity contribution in [3.63, 3.8) is 0 Å². The molecule has 0 aromatic carbocycles. The fourth-order valence-electron chi connectivity index (χ4n) is 0.677. The Hall–Kier alpha value is -0.350. The molecule has 60 valence electrons. The van der Waals surface area contributed by atoms with E-state index in [1.807, 2.05) is 0 Å². The second-order valence-electron chi connectivity index (χ2n) is 2.39. The van der Waals surface area contributed by atoms with Crippen LogP contribution >= 0.6 is 0 Å². The Morgan fingerprint density at radius 3 is 1.40 bits per heavy atom. The van der Waals surface area contributed by atoms with Crippen molar-refractivity contribution in [1.82, 2.24) is 0 Å². The highest BCUT2D eigenvalue weighted by Crippen LogP contribution is 2.51. The van der Waals surface area contributed by atoms with Crippen molar-refractivity contribution in [1.29, 1.82) is 0 Å². The van der Waals surface area contributed by atoms with Gasteiger partial charge in [0.05, 0.1) is 0 Å². The molecule has 1 rings (SSSR count). The molecule has 0 radical (unpaired) electrons. The first kappa shape index (κ1) is 7.75. The largest absolute Gasteiger partial charge is 0.453 e. The molecule has 0 spiro atoms. The molecule has 0 amide bonds. The summed E-state index contributed by atoms with van der Waals surface area (Å²) in [5.74, 6) is -5.90. The second-order valence-corrected chi connectivity index (χ2v) is 2.39. The van der Waals surface area contributed by atoms with E-state index in [0.717, 1.165) is 0 Å². The molecule has 0 heterocycles. The standard InChI is InChI=1S/C5H5F5/c6-4(7,3-1-2-3)5(8,9)10/h3H,1-2H2. The van der Waals surface area contributed by atoms with Crippen molar-refractivity contribution in [3.8, 4) is 0 Å². The first-order chi connectivity index (χ1) is 4.36. The molecule has 0 aromatic heterocycles. The number of rotatable bonds is 1. The maximum absolute atomic E-state index is 12.0. The van der Waals surface area contributed by atoms with E-state index in [1.165, 1.54) is 0 Å². The Labute approximate surface area is 54.0 Å². The van der Waals surface area contributed by atoms with Gasteiger partial charge in [-0.1, -0.05) is 0 Å². The summed E-state index contributed by atoms with van der Waals surface area (Å²) in [6, 6.07) is 0. The number of halogens is 5. The third-order valence-electron chi connectivity index (χ3n) is 1.47. The maximum Gasteiger partial charge on any atom is 0.453 e. The smallest absolute Gasteiger partial charge is 0.196 e. The van der Waals surface area contributed by atoms with Crippen molar-refractivity contribution in [2.24, 2.45) is 5.92 Å². The average Bonchev–Trinajstić information content (AvgIpc) is 2.38. The molecule has 0 unspecified atom stereocenters. The number of hydrogen-bond donors (Lipinski definition) is 0. The van der Waals surface area contributed by atoms with E-state index in [2.05, 4.69) is 0 Å². The lowest BCUT2D eigenvalue weighted by molar-refractivity contribution is -0.290. The topological polar surface area (TPSA) is 0 Å². The van der Waals surface area contributed by atoms with Crippen molar-refractivity contribution in [2.75, 3.05) is 0 Å². The lowest BCUT2D eigenvalue weighted by atomic mass is 10.2. The zero-order valence-electron chi connectivity index (χ0n) is 4.88. The van der Waals surface area contributed by atoms with E-state index in [4.69, 9.17) is 0 Å². The molecule has 1 fully saturated rings. The van der Waals surface area contributed by atoms with Crippen LogP contribution in [0.2, 0.25) is 0 Å². The van der Waals surface area contributed by atoms with Crippen LogP contribution in [0.5, 0.6) is 0 Å². The summed E-state index contributed by atoms with van der Waals surface area (Å²) in [5.41, 5.74) is 0. The second kappa shape index (κ2) is 1.83. The predicted octanol–water partition coefficient (Wildman–Crippen LogP) is 2.59. The molecular formula is C5H5F5. The van der Waals surface area contributed by atoms with Gasteiger partial charge in [0, 0.05) is 5.92 Å². The number of hydrogen-bond acceptors (Lipinski definition) is 0. The van der Waals surface area contributed by atoms with Gasteiger partial charge in [0.1, 0.15) is 0 Å². The summed E-state index contributed by atoms with van der Waals surface area (Å²) < 4.78 is 58.1. The van der Waals surface area contributed by atoms with Crippen LogP contribution in [-0.4, -0.2) is 12.1 Å². The van der Waals surface area contributed by atoms with Crippen molar-refractivity contribution in [2.45, 2.75) is 24.9 Å². The quantitative estimate of drug-likeness (QED) is 0.517. The van der Waals surface area contributed by atoms with Gasteiger partial charge in [-0.3, -0.25) is 0 Å². The van der Waals surface area contributed by atoms with Crippen LogP contribution in [0, 0.1) is 5.92 Å². The third-order valence-corrected chi connectivity index (χ3v) is 1.47. The fourth-order valence-corrected chi connectivity index (χ4v) is 0.677. The lowest BCUT2D eigenvalue weighted by Crippen LogP contribution is -2.38. The summed E-state index contributed by atoms with van der Waals surface area (Å²) in [6.07, 6.45) is -5.37. The first-order valence-corrected chi connectivity index (χ1v) is 2.80. The Kier molecular flexibility index (Phi) is 1.42. The Morgan fingerprint density at radius 2 is 1.30 bits per heavy atom. The summed E-state index contributed by atoms with van der Waals surface area (Å²) in [7, 11) is 0. The van der Waals surface area contributed by atoms with Gasteiger partial charge >= 0.3 is 12.1 Å². The monoisotopic (exact) mass is 160 g/mol. The SMILES string of the molecule is FC(F)(F)C(F)(F)C1CC1. The Bertz CT molecular complexity index is 131. The molecule has 0 nitrogen and oxygen atoms in total. The zero-order valence-corrected chi connectivity index (χ0v) is 4.88. The predicted molar refractivity (Wildman–Crippen MR) is 23.7 cm³/mol. The molecule has 0 aromatic rings. The van der Waals surface area contributed by atoms with Gasteiger partial charge in [0.15, 0.2) is 0 Å². The maximum atomic E-state index is 12.0. The summed E-state index contributed by atoms with van der Waals surface area (Å²) >= 11 is 0. The molecule has 5 heteroatoms. The van der Waals surface area contributed by atoms with Crippen LogP contribution in [0.4, 0.5) is 22.0 Å². The minimum Gasteiger partial charge on any atom is -0.196 e. The van der Waals surface area contributed by atoms with Crippen LogP contribution in [-0.2, 0) is 0 Å². The molecule has 0 aliphatic heterocycles. The highest BCUT2D eigenvalue weighted by molar-refractivity contribution is 4.92. The van der Waals surface area contributed by atoms with Crippen molar-refractivity contribution in [3.05, 3.63) is 0 Å². The van der Waals surface area contributed by atoms with Crippen LogP contribution in [0.25, 0.3) is 0 Å². The highest BCUT2D eigenvalue weighted by atomic mass is 19.4. The Morgan fingerprint density at radius 1 is 0.900 bits per heavy atom.